The number of aromatic nitrogens is 3. The summed E-state index contributed by atoms with van der Waals surface area (Å²) in [5, 5.41) is 12.7. The largest absolute Gasteiger partial charge is 0.419 e. The minimum Gasteiger partial charge on any atom is -0.419 e. The Morgan fingerprint density at radius 1 is 1.08 bits per heavy atom. The first-order valence-corrected chi connectivity index (χ1v) is 9.17. The van der Waals surface area contributed by atoms with Gasteiger partial charge in [0.05, 0.1) is 6.54 Å². The topological polar surface area (TPSA) is 68.2 Å². The molecule has 0 saturated carbocycles. The van der Waals surface area contributed by atoms with E-state index in [2.05, 4.69) is 34.1 Å². The van der Waals surface area contributed by atoms with E-state index < -0.39 is 0 Å². The molecule has 0 unspecified atom stereocenters. The van der Waals surface area contributed by atoms with Crippen LogP contribution in [0.3, 0.4) is 0 Å². The highest BCUT2D eigenvalue weighted by Gasteiger charge is 2.25. The van der Waals surface area contributed by atoms with E-state index in [0.717, 1.165) is 29.9 Å². The predicted octanol–water partition coefficient (Wildman–Crippen LogP) is 4.18. The third kappa shape index (κ3) is 3.42. The van der Waals surface area contributed by atoms with Gasteiger partial charge in [0.2, 0.25) is 5.89 Å². The second-order valence-corrected chi connectivity index (χ2v) is 7.47. The molecule has 1 aliphatic rings. The molecule has 2 atom stereocenters. The second kappa shape index (κ2) is 7.03. The van der Waals surface area contributed by atoms with E-state index in [1.54, 1.807) is 0 Å². The summed E-state index contributed by atoms with van der Waals surface area (Å²) in [5.41, 5.74) is 2.48. The number of nitrogens with zero attached hydrogens (tertiary/aromatic N) is 4. The first-order valence-electron chi connectivity index (χ1n) is 9.17. The van der Waals surface area contributed by atoms with Crippen molar-refractivity contribution in [1.29, 1.82) is 0 Å². The molecule has 0 N–H and O–H groups in total. The van der Waals surface area contributed by atoms with Crippen LogP contribution in [-0.2, 0) is 6.54 Å². The van der Waals surface area contributed by atoms with Gasteiger partial charge in [-0.15, -0.1) is 10.2 Å². The van der Waals surface area contributed by atoms with Crippen molar-refractivity contribution in [3.8, 4) is 22.7 Å². The maximum atomic E-state index is 5.98. The molecule has 26 heavy (non-hydrogen) atoms. The number of rotatable bonds is 4. The van der Waals surface area contributed by atoms with Crippen LogP contribution < -0.4 is 0 Å². The maximum Gasteiger partial charge on any atom is 0.253 e. The van der Waals surface area contributed by atoms with Crippen molar-refractivity contribution < 1.29 is 8.94 Å². The van der Waals surface area contributed by atoms with E-state index in [0.29, 0.717) is 35.9 Å². The summed E-state index contributed by atoms with van der Waals surface area (Å²) >= 11 is 0. The Labute approximate surface area is 153 Å². The molecule has 4 rings (SSSR count). The van der Waals surface area contributed by atoms with E-state index in [1.165, 1.54) is 6.42 Å². The molecular weight excluding hydrogens is 328 g/mol. The van der Waals surface area contributed by atoms with Crippen molar-refractivity contribution in [2.75, 3.05) is 13.1 Å². The Morgan fingerprint density at radius 2 is 1.81 bits per heavy atom. The van der Waals surface area contributed by atoms with E-state index in [9.17, 15) is 0 Å². The Kier molecular flexibility index (Phi) is 4.59. The lowest BCUT2D eigenvalue weighted by Crippen LogP contribution is -2.38. The lowest BCUT2D eigenvalue weighted by atomic mass is 9.92. The quantitative estimate of drug-likeness (QED) is 0.702. The van der Waals surface area contributed by atoms with Gasteiger partial charge >= 0.3 is 0 Å². The van der Waals surface area contributed by atoms with Crippen molar-refractivity contribution in [1.82, 2.24) is 20.3 Å². The highest BCUT2D eigenvalue weighted by atomic mass is 16.5. The normalized spacial score (nSPS) is 21.2. The molecule has 1 fully saturated rings. The van der Waals surface area contributed by atoms with E-state index in [4.69, 9.17) is 8.94 Å². The molecule has 1 saturated heterocycles. The lowest BCUT2D eigenvalue weighted by molar-refractivity contribution is 0.124. The fraction of sp³-hybridized carbons (Fsp3) is 0.450. The van der Waals surface area contributed by atoms with Gasteiger partial charge in [0, 0.05) is 18.7 Å². The van der Waals surface area contributed by atoms with Crippen LogP contribution in [0.4, 0.5) is 0 Å². The van der Waals surface area contributed by atoms with Gasteiger partial charge in [0.15, 0.2) is 0 Å². The average Bonchev–Trinajstić information content (AvgIpc) is 3.21. The Balaban J connectivity index is 1.58. The third-order valence-electron chi connectivity index (χ3n) is 4.89. The average molecular weight is 352 g/mol. The van der Waals surface area contributed by atoms with Crippen LogP contribution in [0.15, 0.2) is 39.3 Å². The summed E-state index contributed by atoms with van der Waals surface area (Å²) < 4.78 is 11.4. The summed E-state index contributed by atoms with van der Waals surface area (Å²) in [6.07, 6.45) is 1.28. The summed E-state index contributed by atoms with van der Waals surface area (Å²) in [5.74, 6) is 3.19. The second-order valence-electron chi connectivity index (χ2n) is 7.47. The van der Waals surface area contributed by atoms with Crippen LogP contribution in [0.25, 0.3) is 22.7 Å². The Morgan fingerprint density at radius 3 is 2.54 bits per heavy atom. The number of benzene rings is 1. The monoisotopic (exact) mass is 352 g/mol. The van der Waals surface area contributed by atoms with Crippen molar-refractivity contribution >= 4 is 0 Å². The van der Waals surface area contributed by atoms with Crippen LogP contribution >= 0.6 is 0 Å². The van der Waals surface area contributed by atoms with Gasteiger partial charge in [0.25, 0.3) is 5.89 Å². The molecule has 2 aromatic heterocycles. The number of aryl methyl sites for hydroxylation is 1. The number of hydrogen-bond donors (Lipinski definition) is 0. The van der Waals surface area contributed by atoms with Gasteiger partial charge in [-0.2, -0.15) is 0 Å². The number of likely N-dealkylation sites (tertiary alicyclic amines) is 1. The summed E-state index contributed by atoms with van der Waals surface area (Å²) in [7, 11) is 0. The number of hydrogen-bond acceptors (Lipinski definition) is 6. The maximum absolute atomic E-state index is 5.98. The zero-order chi connectivity index (χ0) is 18.1. The highest BCUT2D eigenvalue weighted by Crippen LogP contribution is 2.33. The van der Waals surface area contributed by atoms with Gasteiger partial charge in [-0.1, -0.05) is 49.3 Å². The van der Waals surface area contributed by atoms with Crippen molar-refractivity contribution in [3.05, 3.63) is 42.0 Å². The van der Waals surface area contributed by atoms with E-state index >= 15 is 0 Å². The predicted molar refractivity (Wildman–Crippen MR) is 98.2 cm³/mol. The molecular formula is C20H24N4O2. The number of piperidine rings is 1. The molecule has 0 bridgehead atoms. The van der Waals surface area contributed by atoms with Crippen LogP contribution in [-0.4, -0.2) is 33.3 Å². The van der Waals surface area contributed by atoms with Gasteiger partial charge in [-0.25, -0.2) is 0 Å². The molecule has 136 valence electrons. The summed E-state index contributed by atoms with van der Waals surface area (Å²) in [6, 6.07) is 9.91. The van der Waals surface area contributed by atoms with Gasteiger partial charge in [-0.3, -0.25) is 4.90 Å². The zero-order valence-corrected chi connectivity index (χ0v) is 15.5. The van der Waals surface area contributed by atoms with Gasteiger partial charge in [-0.05, 0) is 25.2 Å². The fourth-order valence-electron chi connectivity index (χ4n) is 3.95. The van der Waals surface area contributed by atoms with Crippen LogP contribution in [0.1, 0.15) is 31.9 Å². The Hall–Kier alpha value is -2.47. The van der Waals surface area contributed by atoms with E-state index in [-0.39, 0.29) is 0 Å². The van der Waals surface area contributed by atoms with Crippen LogP contribution in [0.2, 0.25) is 0 Å². The molecule has 6 heteroatoms. The molecule has 0 amide bonds. The fourth-order valence-corrected chi connectivity index (χ4v) is 3.95. The molecule has 3 aromatic rings. The summed E-state index contributed by atoms with van der Waals surface area (Å²) in [6.45, 7) is 9.30. The standard InChI is InChI=1S/C20H24N4O2/c1-13-9-14(2)11-24(10-13)12-17-21-22-20(25-17)18-15(3)26-23-19(18)16-7-5-4-6-8-16/h4-8,13-14H,9-12H2,1-3H3/t13-,14-/m1/s1. The third-order valence-corrected chi connectivity index (χ3v) is 4.89. The van der Waals surface area contributed by atoms with Gasteiger partial charge in [0.1, 0.15) is 17.0 Å². The molecule has 1 aromatic carbocycles. The smallest absolute Gasteiger partial charge is 0.253 e. The molecule has 0 aliphatic carbocycles. The molecule has 3 heterocycles. The molecule has 0 spiro atoms. The van der Waals surface area contributed by atoms with Crippen molar-refractivity contribution in [3.63, 3.8) is 0 Å². The molecule has 1 aliphatic heterocycles. The first kappa shape index (κ1) is 17.0. The zero-order valence-electron chi connectivity index (χ0n) is 15.5. The Bertz CT molecular complexity index is 861. The first-order chi connectivity index (χ1) is 12.6. The van der Waals surface area contributed by atoms with Gasteiger partial charge < -0.3 is 8.94 Å². The van der Waals surface area contributed by atoms with Crippen LogP contribution in [0, 0.1) is 18.8 Å². The minimum atomic E-state index is 0.468. The van der Waals surface area contributed by atoms with E-state index in [1.807, 2.05) is 37.3 Å². The molecule has 6 nitrogen and oxygen atoms in total. The minimum absolute atomic E-state index is 0.468. The van der Waals surface area contributed by atoms with Crippen molar-refractivity contribution in [2.45, 2.75) is 33.7 Å². The lowest BCUT2D eigenvalue weighted by Gasteiger charge is -2.33. The SMILES string of the molecule is Cc1onc(-c2ccccc2)c1-c1nnc(CN2C[C@H](C)C[C@@H](C)C2)o1. The molecule has 0 radical (unpaired) electrons. The van der Waals surface area contributed by atoms with Crippen molar-refractivity contribution in [2.24, 2.45) is 11.8 Å². The highest BCUT2D eigenvalue weighted by molar-refractivity contribution is 5.77. The summed E-state index contributed by atoms with van der Waals surface area (Å²) in [4.78, 5) is 2.40. The van der Waals surface area contributed by atoms with Crippen LogP contribution in [0.5, 0.6) is 0 Å².